The van der Waals surface area contributed by atoms with Gasteiger partial charge in [-0.15, -0.1) is 0 Å². The van der Waals surface area contributed by atoms with Crippen molar-refractivity contribution in [1.82, 2.24) is 5.32 Å². The van der Waals surface area contributed by atoms with Crippen LogP contribution in [0.5, 0.6) is 0 Å². The number of hydrogen-bond acceptors (Lipinski definition) is 3. The highest BCUT2D eigenvalue weighted by molar-refractivity contribution is 5.93. The van der Waals surface area contributed by atoms with Gasteiger partial charge in [-0.05, 0) is 30.7 Å². The van der Waals surface area contributed by atoms with Crippen LogP contribution in [0.25, 0.3) is 11.3 Å². The van der Waals surface area contributed by atoms with E-state index < -0.39 is 5.91 Å². The fourth-order valence-electron chi connectivity index (χ4n) is 1.74. The van der Waals surface area contributed by atoms with Crippen molar-refractivity contribution in [2.75, 3.05) is 6.54 Å². The summed E-state index contributed by atoms with van der Waals surface area (Å²) in [5.41, 5.74) is 6.39. The van der Waals surface area contributed by atoms with Gasteiger partial charge < -0.3 is 15.5 Å². The SMILES string of the molecule is CCCNC(=O)c1ccc(-c2ccc(C(N)=O)cc2)o1. The van der Waals surface area contributed by atoms with E-state index in [1.54, 1.807) is 36.4 Å². The molecule has 0 aliphatic rings. The summed E-state index contributed by atoms with van der Waals surface area (Å²) in [6.07, 6.45) is 0.869. The number of primary amides is 1. The predicted octanol–water partition coefficient (Wildman–Crippen LogP) is 2.19. The number of carbonyl (C=O) groups is 2. The molecule has 0 spiro atoms. The Hall–Kier alpha value is -2.56. The lowest BCUT2D eigenvalue weighted by Crippen LogP contribution is -2.23. The second-order valence-electron chi connectivity index (χ2n) is 4.36. The predicted molar refractivity (Wildman–Crippen MR) is 75.3 cm³/mol. The summed E-state index contributed by atoms with van der Waals surface area (Å²) in [5, 5.41) is 2.74. The van der Waals surface area contributed by atoms with Crippen molar-refractivity contribution >= 4 is 11.8 Å². The lowest BCUT2D eigenvalue weighted by molar-refractivity contribution is 0.0926. The van der Waals surface area contributed by atoms with Crippen molar-refractivity contribution in [3.63, 3.8) is 0 Å². The molecule has 2 amide bonds. The second-order valence-corrected chi connectivity index (χ2v) is 4.36. The van der Waals surface area contributed by atoms with Crippen molar-refractivity contribution < 1.29 is 14.0 Å². The average Bonchev–Trinajstić information content (AvgIpc) is 2.94. The van der Waals surface area contributed by atoms with Crippen LogP contribution in [-0.4, -0.2) is 18.4 Å². The maximum absolute atomic E-state index is 11.7. The molecule has 0 fully saturated rings. The van der Waals surface area contributed by atoms with Crippen LogP contribution < -0.4 is 11.1 Å². The van der Waals surface area contributed by atoms with Crippen LogP contribution in [0.4, 0.5) is 0 Å². The summed E-state index contributed by atoms with van der Waals surface area (Å²) in [6, 6.07) is 10.1. The molecule has 1 aromatic heterocycles. The molecule has 0 aliphatic carbocycles. The van der Waals surface area contributed by atoms with Gasteiger partial charge in [-0.2, -0.15) is 0 Å². The van der Waals surface area contributed by atoms with Gasteiger partial charge in [-0.3, -0.25) is 9.59 Å². The first-order valence-corrected chi connectivity index (χ1v) is 6.40. The molecule has 0 saturated carbocycles. The summed E-state index contributed by atoms with van der Waals surface area (Å²) in [4.78, 5) is 22.7. The molecular formula is C15H16N2O3. The Kier molecular flexibility index (Phi) is 4.20. The number of carbonyl (C=O) groups excluding carboxylic acids is 2. The summed E-state index contributed by atoms with van der Waals surface area (Å²) >= 11 is 0. The van der Waals surface area contributed by atoms with Gasteiger partial charge in [0.05, 0.1) is 0 Å². The molecule has 0 atom stereocenters. The number of hydrogen-bond donors (Lipinski definition) is 2. The Morgan fingerprint density at radius 1 is 1.15 bits per heavy atom. The quantitative estimate of drug-likeness (QED) is 0.874. The van der Waals surface area contributed by atoms with Crippen molar-refractivity contribution in [2.45, 2.75) is 13.3 Å². The number of amides is 2. The third kappa shape index (κ3) is 3.06. The molecule has 2 aromatic rings. The highest BCUT2D eigenvalue weighted by Crippen LogP contribution is 2.22. The topological polar surface area (TPSA) is 85.3 Å². The molecular weight excluding hydrogens is 256 g/mol. The minimum absolute atomic E-state index is 0.230. The molecule has 104 valence electrons. The van der Waals surface area contributed by atoms with Crippen molar-refractivity contribution in [2.24, 2.45) is 5.73 Å². The third-order valence-electron chi connectivity index (χ3n) is 2.82. The zero-order valence-electron chi connectivity index (χ0n) is 11.2. The molecule has 1 heterocycles. The van der Waals surface area contributed by atoms with Crippen molar-refractivity contribution in [1.29, 1.82) is 0 Å². The molecule has 1 aromatic carbocycles. The molecule has 0 radical (unpaired) electrons. The van der Waals surface area contributed by atoms with Gasteiger partial charge in [-0.1, -0.05) is 19.1 Å². The lowest BCUT2D eigenvalue weighted by Gasteiger charge is -2.01. The number of nitrogens with two attached hydrogens (primary N) is 1. The first kappa shape index (κ1) is 13.9. The van der Waals surface area contributed by atoms with Gasteiger partial charge in [0.25, 0.3) is 5.91 Å². The van der Waals surface area contributed by atoms with Crippen molar-refractivity contribution in [3.05, 3.63) is 47.7 Å². The molecule has 3 N–H and O–H groups in total. The zero-order valence-corrected chi connectivity index (χ0v) is 11.2. The monoisotopic (exact) mass is 272 g/mol. The normalized spacial score (nSPS) is 10.2. The van der Waals surface area contributed by atoms with E-state index in [0.717, 1.165) is 12.0 Å². The van der Waals surface area contributed by atoms with Crippen LogP contribution in [0, 0.1) is 0 Å². The molecule has 0 unspecified atom stereocenters. The maximum Gasteiger partial charge on any atom is 0.287 e. The molecule has 0 saturated heterocycles. The summed E-state index contributed by atoms with van der Waals surface area (Å²) in [5.74, 6) is 0.137. The highest BCUT2D eigenvalue weighted by Gasteiger charge is 2.11. The number of nitrogens with one attached hydrogen (secondary N) is 1. The highest BCUT2D eigenvalue weighted by atomic mass is 16.3. The van der Waals surface area contributed by atoms with E-state index in [1.165, 1.54) is 0 Å². The Labute approximate surface area is 116 Å². The molecule has 0 aliphatic heterocycles. The number of rotatable bonds is 5. The molecule has 2 rings (SSSR count). The van der Waals surface area contributed by atoms with Crippen LogP contribution in [0.3, 0.4) is 0 Å². The van der Waals surface area contributed by atoms with Gasteiger partial charge in [0.15, 0.2) is 5.76 Å². The van der Waals surface area contributed by atoms with Gasteiger partial charge in [0, 0.05) is 17.7 Å². The zero-order chi connectivity index (χ0) is 14.5. The number of benzene rings is 1. The summed E-state index contributed by atoms with van der Waals surface area (Å²) in [6.45, 7) is 2.59. The Balaban J connectivity index is 2.16. The van der Waals surface area contributed by atoms with E-state index in [-0.39, 0.29) is 11.7 Å². The van der Waals surface area contributed by atoms with E-state index in [2.05, 4.69) is 5.32 Å². The molecule has 5 nitrogen and oxygen atoms in total. The van der Waals surface area contributed by atoms with E-state index in [4.69, 9.17) is 10.2 Å². The largest absolute Gasteiger partial charge is 0.451 e. The smallest absolute Gasteiger partial charge is 0.287 e. The van der Waals surface area contributed by atoms with Crippen molar-refractivity contribution in [3.8, 4) is 11.3 Å². The van der Waals surface area contributed by atoms with E-state index >= 15 is 0 Å². The average molecular weight is 272 g/mol. The Morgan fingerprint density at radius 3 is 2.45 bits per heavy atom. The molecule has 0 bridgehead atoms. The van der Waals surface area contributed by atoms with Crippen LogP contribution in [0.15, 0.2) is 40.8 Å². The second kappa shape index (κ2) is 6.06. The van der Waals surface area contributed by atoms with Gasteiger partial charge in [-0.25, -0.2) is 0 Å². The fraction of sp³-hybridized carbons (Fsp3) is 0.200. The fourth-order valence-corrected chi connectivity index (χ4v) is 1.74. The summed E-state index contributed by atoms with van der Waals surface area (Å²) < 4.78 is 5.50. The van der Waals surface area contributed by atoms with Crippen LogP contribution >= 0.6 is 0 Å². The first-order chi connectivity index (χ1) is 9.61. The Morgan fingerprint density at radius 2 is 1.85 bits per heavy atom. The van der Waals surface area contributed by atoms with Gasteiger partial charge in [0.1, 0.15) is 5.76 Å². The first-order valence-electron chi connectivity index (χ1n) is 6.40. The minimum Gasteiger partial charge on any atom is -0.451 e. The lowest BCUT2D eigenvalue weighted by atomic mass is 10.1. The van der Waals surface area contributed by atoms with Crippen LogP contribution in [0.1, 0.15) is 34.3 Å². The standard InChI is InChI=1S/C15H16N2O3/c1-2-9-17-15(19)13-8-7-12(20-13)10-3-5-11(6-4-10)14(16)18/h3-8H,2,9H2,1H3,(H2,16,18)(H,17,19). The maximum atomic E-state index is 11.7. The minimum atomic E-state index is -0.476. The van der Waals surface area contributed by atoms with Crippen LogP contribution in [0.2, 0.25) is 0 Å². The third-order valence-corrected chi connectivity index (χ3v) is 2.82. The van der Waals surface area contributed by atoms with E-state index in [0.29, 0.717) is 17.9 Å². The van der Waals surface area contributed by atoms with Gasteiger partial charge >= 0.3 is 0 Å². The van der Waals surface area contributed by atoms with E-state index in [9.17, 15) is 9.59 Å². The Bertz CT molecular complexity index is 614. The number of furan rings is 1. The molecule has 20 heavy (non-hydrogen) atoms. The van der Waals surface area contributed by atoms with E-state index in [1.807, 2.05) is 6.92 Å². The van der Waals surface area contributed by atoms with Gasteiger partial charge in [0.2, 0.25) is 5.91 Å². The molecule has 5 heteroatoms. The van der Waals surface area contributed by atoms with Crippen LogP contribution in [-0.2, 0) is 0 Å². The summed E-state index contributed by atoms with van der Waals surface area (Å²) in [7, 11) is 0.